The van der Waals surface area contributed by atoms with Crippen molar-refractivity contribution in [3.63, 3.8) is 0 Å². The highest BCUT2D eigenvalue weighted by molar-refractivity contribution is 6.89. The minimum Gasteiger partial charge on any atom is -0.256 e. The molecule has 0 N–H and O–H groups in total. The van der Waals surface area contributed by atoms with Gasteiger partial charge in [-0.1, -0.05) is 136 Å². The predicted octanol–water partition coefficient (Wildman–Crippen LogP) is 9.26. The molecule has 2 heterocycles. The first-order valence-electron chi connectivity index (χ1n) is 15.9. The Hall–Kier alpha value is -4.39. The molecule has 45 heavy (non-hydrogen) atoms. The van der Waals surface area contributed by atoms with Crippen LogP contribution in [0.25, 0.3) is 33.6 Å². The summed E-state index contributed by atoms with van der Waals surface area (Å²) in [5, 5.41) is 2.75. The van der Waals surface area contributed by atoms with Gasteiger partial charge in [0, 0.05) is 23.5 Å². The summed E-state index contributed by atoms with van der Waals surface area (Å²) >= 11 is 0. The fourth-order valence-corrected chi connectivity index (χ4v) is 8.93. The molecule has 0 fully saturated rings. The molecule has 1 aliphatic carbocycles. The van der Waals surface area contributed by atoms with Crippen molar-refractivity contribution in [2.45, 2.75) is 44.7 Å². The van der Waals surface area contributed by atoms with E-state index in [0.29, 0.717) is 0 Å². The third-order valence-corrected chi connectivity index (χ3v) is 13.4. The predicted molar refractivity (Wildman–Crippen MR) is 196 cm³/mol. The van der Waals surface area contributed by atoms with E-state index in [9.17, 15) is 0 Å². The van der Waals surface area contributed by atoms with E-state index in [1.807, 2.05) is 0 Å². The van der Waals surface area contributed by atoms with Gasteiger partial charge in [0.25, 0.3) is 0 Å². The molecule has 0 spiro atoms. The van der Waals surface area contributed by atoms with E-state index in [-0.39, 0.29) is 0 Å². The van der Waals surface area contributed by atoms with Crippen molar-refractivity contribution in [2.24, 2.45) is 0 Å². The van der Waals surface area contributed by atoms with E-state index in [1.54, 1.807) is 0 Å². The van der Waals surface area contributed by atoms with Gasteiger partial charge in [0.1, 0.15) is 0 Å². The van der Waals surface area contributed by atoms with E-state index in [1.165, 1.54) is 43.8 Å². The molecule has 4 heteroatoms. The lowest BCUT2D eigenvalue weighted by Crippen LogP contribution is -2.37. The third kappa shape index (κ3) is 5.02. The van der Waals surface area contributed by atoms with Crippen molar-refractivity contribution in [2.75, 3.05) is 0 Å². The first-order valence-corrected chi connectivity index (χ1v) is 22.9. The van der Waals surface area contributed by atoms with E-state index in [2.05, 4.69) is 173 Å². The van der Waals surface area contributed by atoms with Crippen molar-refractivity contribution in [3.8, 4) is 33.6 Å². The topological polar surface area (TPSA) is 25.8 Å². The van der Waals surface area contributed by atoms with Gasteiger partial charge in [0.05, 0.1) is 33.0 Å². The number of rotatable bonds is 6. The van der Waals surface area contributed by atoms with Gasteiger partial charge >= 0.3 is 0 Å². The largest absolute Gasteiger partial charge is 0.256 e. The maximum atomic E-state index is 4.97. The molecular weight excluding hydrogens is 577 g/mol. The second-order valence-corrected chi connectivity index (χ2v) is 24.5. The van der Waals surface area contributed by atoms with Crippen molar-refractivity contribution in [3.05, 3.63) is 156 Å². The minimum atomic E-state index is -1.44. The molecular formula is C41H40N2Si2. The van der Waals surface area contributed by atoms with E-state index in [4.69, 9.17) is 9.97 Å². The highest BCUT2D eigenvalue weighted by Crippen LogP contribution is 2.56. The van der Waals surface area contributed by atoms with Gasteiger partial charge in [0.15, 0.2) is 0 Å². The molecule has 0 unspecified atom stereocenters. The van der Waals surface area contributed by atoms with Crippen LogP contribution in [-0.4, -0.2) is 26.1 Å². The Morgan fingerprint density at radius 2 is 0.867 bits per heavy atom. The minimum absolute atomic E-state index is 0.490. The van der Waals surface area contributed by atoms with Crippen LogP contribution in [0.5, 0.6) is 0 Å². The Morgan fingerprint density at radius 3 is 1.24 bits per heavy atom. The maximum absolute atomic E-state index is 4.97. The average Bonchev–Trinajstić information content (AvgIpc) is 3.35. The lowest BCUT2D eigenvalue weighted by atomic mass is 9.67. The summed E-state index contributed by atoms with van der Waals surface area (Å²) in [5.74, 6) is 0. The van der Waals surface area contributed by atoms with Crippen LogP contribution < -0.4 is 10.4 Å². The van der Waals surface area contributed by atoms with E-state index in [0.717, 1.165) is 22.5 Å². The molecule has 0 atom stereocenters. The third-order valence-electron chi connectivity index (χ3n) is 9.39. The summed E-state index contributed by atoms with van der Waals surface area (Å²) in [6.07, 6.45) is 4.18. The standard InChI is InChI=1S/C41H40N2Si2/c1-44(2,3)33-21-23-39(42-27-33)29-13-11-15-31(25-29)41(37-19-9-7-17-35(37)36-18-8-10-20-38(36)41)32-16-12-14-30(26-32)40-24-22-34(28-43-40)45(4,5)6/h7-28H,1-6H3. The van der Waals surface area contributed by atoms with Crippen molar-refractivity contribution < 1.29 is 0 Å². The van der Waals surface area contributed by atoms with Gasteiger partial charge in [-0.05, 0) is 68.0 Å². The van der Waals surface area contributed by atoms with Crippen LogP contribution in [0, 0.1) is 0 Å². The van der Waals surface area contributed by atoms with E-state index < -0.39 is 21.6 Å². The van der Waals surface area contributed by atoms with E-state index >= 15 is 0 Å². The molecule has 4 aromatic carbocycles. The second kappa shape index (κ2) is 10.9. The monoisotopic (exact) mass is 616 g/mol. The number of pyridine rings is 2. The summed E-state index contributed by atoms with van der Waals surface area (Å²) in [4.78, 5) is 9.95. The van der Waals surface area contributed by atoms with Gasteiger partial charge in [-0.15, -0.1) is 0 Å². The molecule has 0 radical (unpaired) electrons. The number of hydrogen-bond acceptors (Lipinski definition) is 2. The molecule has 2 aromatic heterocycles. The first kappa shape index (κ1) is 29.3. The van der Waals surface area contributed by atoms with Crippen LogP contribution in [0.15, 0.2) is 134 Å². The molecule has 0 bridgehead atoms. The number of nitrogens with zero attached hydrogens (tertiary/aromatic N) is 2. The lowest BCUT2D eigenvalue weighted by molar-refractivity contribution is 0.769. The van der Waals surface area contributed by atoms with Crippen LogP contribution in [-0.2, 0) is 5.41 Å². The SMILES string of the molecule is C[Si](C)(C)c1ccc(-c2cccc(C3(c4cccc(-c5ccc([Si](C)(C)C)cn5)c4)c4ccccc4-c4ccccc43)c2)nc1. The molecule has 222 valence electrons. The summed E-state index contributed by atoms with van der Waals surface area (Å²) < 4.78 is 0. The van der Waals surface area contributed by atoms with Crippen molar-refractivity contribution in [1.29, 1.82) is 0 Å². The number of hydrogen-bond donors (Lipinski definition) is 0. The Balaban J connectivity index is 1.45. The molecule has 0 amide bonds. The Bertz CT molecular complexity index is 1870. The lowest BCUT2D eigenvalue weighted by Gasteiger charge is -2.34. The molecule has 2 nitrogen and oxygen atoms in total. The van der Waals surface area contributed by atoms with Gasteiger partial charge in [-0.3, -0.25) is 9.97 Å². The molecule has 0 saturated heterocycles. The van der Waals surface area contributed by atoms with Crippen LogP contribution in [0.3, 0.4) is 0 Å². The van der Waals surface area contributed by atoms with Crippen LogP contribution in [0.2, 0.25) is 39.3 Å². The molecule has 1 aliphatic rings. The van der Waals surface area contributed by atoms with Gasteiger partial charge < -0.3 is 0 Å². The molecule has 7 rings (SSSR count). The summed E-state index contributed by atoms with van der Waals surface area (Å²) in [6, 6.07) is 44.9. The van der Waals surface area contributed by atoms with Crippen LogP contribution in [0.4, 0.5) is 0 Å². The Morgan fingerprint density at radius 1 is 0.444 bits per heavy atom. The highest BCUT2D eigenvalue weighted by Gasteiger charge is 2.46. The van der Waals surface area contributed by atoms with Gasteiger partial charge in [0.2, 0.25) is 0 Å². The average molecular weight is 617 g/mol. The molecule has 0 saturated carbocycles. The zero-order valence-electron chi connectivity index (χ0n) is 27.1. The van der Waals surface area contributed by atoms with Gasteiger partial charge in [-0.2, -0.15) is 0 Å². The fraction of sp³-hybridized carbons (Fsp3) is 0.171. The van der Waals surface area contributed by atoms with Crippen molar-refractivity contribution in [1.82, 2.24) is 9.97 Å². The zero-order valence-corrected chi connectivity index (χ0v) is 29.1. The Kier molecular flexibility index (Phi) is 7.10. The maximum Gasteiger partial charge on any atom is 0.0796 e. The zero-order chi connectivity index (χ0) is 31.4. The smallest absolute Gasteiger partial charge is 0.0796 e. The van der Waals surface area contributed by atoms with Gasteiger partial charge in [-0.25, -0.2) is 0 Å². The molecule has 0 aliphatic heterocycles. The van der Waals surface area contributed by atoms with Crippen LogP contribution in [0.1, 0.15) is 22.3 Å². The number of fused-ring (bicyclic) bond motifs is 3. The normalized spacial score (nSPS) is 13.7. The quantitative estimate of drug-likeness (QED) is 0.174. The summed E-state index contributed by atoms with van der Waals surface area (Å²) in [6.45, 7) is 14.2. The summed E-state index contributed by atoms with van der Waals surface area (Å²) in [7, 11) is -2.87. The fourth-order valence-electron chi connectivity index (χ4n) is 6.86. The number of aromatic nitrogens is 2. The van der Waals surface area contributed by atoms with Crippen molar-refractivity contribution >= 4 is 26.5 Å². The summed E-state index contributed by atoms with van der Waals surface area (Å²) in [5.41, 5.74) is 11.5. The highest BCUT2D eigenvalue weighted by atomic mass is 28.3. The molecule has 6 aromatic rings. The number of benzene rings is 4. The Labute approximate surface area is 269 Å². The van der Waals surface area contributed by atoms with Crippen LogP contribution >= 0.6 is 0 Å². The first-order chi connectivity index (χ1) is 21.6. The second-order valence-electron chi connectivity index (χ2n) is 14.4.